The van der Waals surface area contributed by atoms with Gasteiger partial charge in [-0.25, -0.2) is 0 Å². The predicted octanol–water partition coefficient (Wildman–Crippen LogP) is 6.03. The van der Waals surface area contributed by atoms with E-state index in [-0.39, 0.29) is 31.4 Å². The zero-order chi connectivity index (χ0) is 49.1. The lowest BCUT2D eigenvalue weighted by atomic mass is 9.80. The number of nitriles is 1. The third kappa shape index (κ3) is 23.4. The molecule has 64 heavy (non-hydrogen) atoms. The van der Waals surface area contributed by atoms with E-state index >= 15 is 0 Å². The molecule has 1 aliphatic heterocycles. The van der Waals surface area contributed by atoms with Gasteiger partial charge < -0.3 is 49.1 Å². The standard InChI is InChI=1S/C44H74N4O13S3/c1-15-63-39(62)64-44(14,26-45)20-19-32(53)46-23-21-41(8,9)56-27-43(12,13)61-42(10,11)25-40(6,7)38(54)47-22-17-16-18-24-55-36-33(48-28(2)49)34(57-29(3)50)35(58-30(4)51)37(60-36)59-31(5)52/h33-37H,15-25,27H2,1-14H3,(H,46,53)(H,47,54)(H,48,49). The quantitative estimate of drug-likeness (QED) is 0.0370. The number of unbranched alkanes of at least 4 members (excludes halogenated alkanes) is 2. The summed E-state index contributed by atoms with van der Waals surface area (Å²) in [4.78, 5) is 74.0. The molecule has 1 fully saturated rings. The molecule has 0 aromatic heterocycles. The molecule has 366 valence electrons. The minimum absolute atomic E-state index is 0.128. The summed E-state index contributed by atoms with van der Waals surface area (Å²) in [6.07, 6.45) is -2.01. The van der Waals surface area contributed by atoms with Gasteiger partial charge in [-0.3, -0.25) is 28.8 Å². The second kappa shape index (κ2) is 26.9. The molecule has 6 unspecified atom stereocenters. The Morgan fingerprint density at radius 2 is 1.36 bits per heavy atom. The number of hydrogen-bond donors (Lipinski definition) is 3. The molecule has 0 spiro atoms. The number of carbonyl (C=O) groups excluding carboxylic acids is 6. The van der Waals surface area contributed by atoms with Crippen LogP contribution in [-0.2, 0) is 61.9 Å². The first kappa shape index (κ1) is 59.0. The van der Waals surface area contributed by atoms with Crippen molar-refractivity contribution in [2.75, 3.05) is 32.1 Å². The van der Waals surface area contributed by atoms with Crippen LogP contribution in [0.2, 0.25) is 0 Å². The van der Waals surface area contributed by atoms with E-state index in [1.54, 1.807) is 0 Å². The molecule has 3 amide bonds. The summed E-state index contributed by atoms with van der Waals surface area (Å²) in [5, 5.41) is 18.3. The molecule has 1 aliphatic rings. The van der Waals surface area contributed by atoms with Gasteiger partial charge in [-0.1, -0.05) is 44.8 Å². The minimum Gasteiger partial charge on any atom is -0.456 e. The van der Waals surface area contributed by atoms with Crippen LogP contribution in [0.5, 0.6) is 0 Å². The van der Waals surface area contributed by atoms with E-state index in [4.69, 9.17) is 45.4 Å². The largest absolute Gasteiger partial charge is 0.456 e. The Morgan fingerprint density at radius 1 is 0.750 bits per heavy atom. The van der Waals surface area contributed by atoms with E-state index in [9.17, 15) is 34.0 Å². The van der Waals surface area contributed by atoms with Crippen LogP contribution in [0.4, 0.5) is 0 Å². The maximum absolute atomic E-state index is 13.4. The smallest absolute Gasteiger partial charge is 0.305 e. The fourth-order valence-electron chi connectivity index (χ4n) is 7.09. The zero-order valence-corrected chi connectivity index (χ0v) is 42.8. The maximum atomic E-state index is 13.4. The number of rotatable bonds is 27. The van der Waals surface area contributed by atoms with Crippen molar-refractivity contribution in [2.45, 2.75) is 194 Å². The molecule has 0 aromatic carbocycles. The summed E-state index contributed by atoms with van der Waals surface area (Å²) in [5.41, 5.74) is -2.74. The normalized spacial score (nSPS) is 20.2. The first-order valence-corrected chi connectivity index (χ1v) is 23.9. The lowest BCUT2D eigenvalue weighted by Crippen LogP contribution is -2.66. The molecule has 0 radical (unpaired) electrons. The number of thiocarbonyl (C=S) groups is 1. The van der Waals surface area contributed by atoms with Gasteiger partial charge in [-0.05, 0) is 92.7 Å². The van der Waals surface area contributed by atoms with Crippen LogP contribution in [0.15, 0.2) is 0 Å². The molecule has 0 saturated carbocycles. The number of hydrogen-bond acceptors (Lipinski definition) is 17. The van der Waals surface area contributed by atoms with Gasteiger partial charge in [0.2, 0.25) is 30.1 Å². The second-order valence-corrected chi connectivity index (χ2v) is 22.5. The maximum Gasteiger partial charge on any atom is 0.305 e. The van der Waals surface area contributed by atoms with Crippen molar-refractivity contribution < 1.29 is 61.9 Å². The van der Waals surface area contributed by atoms with Crippen LogP contribution in [0.1, 0.15) is 142 Å². The molecule has 0 aromatic rings. The van der Waals surface area contributed by atoms with Gasteiger partial charge in [-0.2, -0.15) is 5.26 Å². The first-order chi connectivity index (χ1) is 29.5. The Balaban J connectivity index is 2.64. The lowest BCUT2D eigenvalue weighted by molar-refractivity contribution is -0.321. The minimum atomic E-state index is -1.48. The summed E-state index contributed by atoms with van der Waals surface area (Å²) in [6.45, 7) is 25.1. The SMILES string of the molecule is CCSC(=S)SC(C)(C#N)CCC(=O)NCCC(C)(C)OCC(C)(C)OC(C)(C)CC(C)(C)C(=O)NCCCCCOC1OC(OC(C)=O)C(OC(C)=O)C(OC(C)=O)C1NC(C)=O. The molecule has 1 heterocycles. The first-order valence-electron chi connectivity index (χ1n) is 21.7. The molecule has 17 nitrogen and oxygen atoms in total. The van der Waals surface area contributed by atoms with Crippen molar-refractivity contribution in [2.24, 2.45) is 5.41 Å². The van der Waals surface area contributed by atoms with E-state index in [0.29, 0.717) is 55.1 Å². The van der Waals surface area contributed by atoms with Crippen LogP contribution in [0.25, 0.3) is 0 Å². The monoisotopic (exact) mass is 962 g/mol. The molecule has 6 atom stereocenters. The Labute approximate surface area is 394 Å². The molecular weight excluding hydrogens is 889 g/mol. The number of esters is 3. The highest BCUT2D eigenvalue weighted by Crippen LogP contribution is 2.36. The summed E-state index contributed by atoms with van der Waals surface area (Å²) >= 11 is 8.20. The summed E-state index contributed by atoms with van der Waals surface area (Å²) in [6, 6.07) is 1.20. The van der Waals surface area contributed by atoms with Crippen molar-refractivity contribution in [3.8, 4) is 6.07 Å². The molecule has 1 saturated heterocycles. The van der Waals surface area contributed by atoms with Crippen LogP contribution in [0.3, 0.4) is 0 Å². The van der Waals surface area contributed by atoms with E-state index in [1.807, 2.05) is 69.2 Å². The lowest BCUT2D eigenvalue weighted by Gasteiger charge is -2.44. The van der Waals surface area contributed by atoms with Gasteiger partial charge in [0.15, 0.2) is 12.4 Å². The highest BCUT2D eigenvalue weighted by molar-refractivity contribution is 8.47. The van der Waals surface area contributed by atoms with Crippen LogP contribution in [0, 0.1) is 16.7 Å². The Bertz CT molecular complexity index is 1640. The molecule has 3 N–H and O–H groups in total. The summed E-state index contributed by atoms with van der Waals surface area (Å²) in [5.74, 6) is -2.16. The molecule has 0 aliphatic carbocycles. The topological polar surface area (TPSA) is 227 Å². The molecule has 1 rings (SSSR count). The number of carbonyl (C=O) groups is 6. The van der Waals surface area contributed by atoms with Gasteiger partial charge in [0, 0.05) is 59.2 Å². The van der Waals surface area contributed by atoms with Gasteiger partial charge in [0.05, 0.1) is 29.5 Å². The highest BCUT2D eigenvalue weighted by atomic mass is 32.2. The third-order valence-corrected chi connectivity index (χ3v) is 12.3. The number of nitrogens with zero attached hydrogens (tertiary/aromatic N) is 1. The van der Waals surface area contributed by atoms with Crippen LogP contribution in [-0.4, -0.2) is 124 Å². The summed E-state index contributed by atoms with van der Waals surface area (Å²) < 4.78 is 40.5. The fraction of sp³-hybridized carbons (Fsp3) is 0.818. The van der Waals surface area contributed by atoms with Gasteiger partial charge >= 0.3 is 17.9 Å². The van der Waals surface area contributed by atoms with Crippen molar-refractivity contribution in [1.29, 1.82) is 5.26 Å². The van der Waals surface area contributed by atoms with Crippen molar-refractivity contribution in [3.63, 3.8) is 0 Å². The average molecular weight is 963 g/mol. The second-order valence-electron chi connectivity index (χ2n) is 18.5. The number of amides is 3. The number of thioether (sulfide) groups is 2. The van der Waals surface area contributed by atoms with E-state index in [1.165, 1.54) is 30.4 Å². The highest BCUT2D eigenvalue weighted by Gasteiger charge is 2.52. The summed E-state index contributed by atoms with van der Waals surface area (Å²) in [7, 11) is 0. The third-order valence-electron chi connectivity index (χ3n) is 9.68. The Hall–Kier alpha value is -3.06. The zero-order valence-electron chi connectivity index (χ0n) is 40.4. The Kier molecular flexibility index (Phi) is 24.8. The molecule has 0 bridgehead atoms. The van der Waals surface area contributed by atoms with Gasteiger partial charge in [-0.15, -0.1) is 11.8 Å². The van der Waals surface area contributed by atoms with Crippen molar-refractivity contribution in [1.82, 2.24) is 16.0 Å². The predicted molar refractivity (Wildman–Crippen MR) is 249 cm³/mol. The van der Waals surface area contributed by atoms with E-state index in [0.717, 1.165) is 26.5 Å². The van der Waals surface area contributed by atoms with E-state index in [2.05, 4.69) is 22.0 Å². The number of nitrogens with one attached hydrogen (secondary N) is 3. The van der Waals surface area contributed by atoms with Crippen molar-refractivity contribution in [3.05, 3.63) is 0 Å². The molecular formula is C44H74N4O13S3. The average Bonchev–Trinajstić information content (AvgIpc) is 3.13. The number of ether oxygens (including phenoxy) is 7. The molecule has 20 heteroatoms. The van der Waals surface area contributed by atoms with Crippen molar-refractivity contribution >= 4 is 74.9 Å². The fourth-order valence-corrected chi connectivity index (χ4v) is 9.99. The van der Waals surface area contributed by atoms with Crippen LogP contribution >= 0.6 is 35.7 Å². The van der Waals surface area contributed by atoms with Crippen LogP contribution < -0.4 is 16.0 Å². The van der Waals surface area contributed by atoms with Gasteiger partial charge in [0.1, 0.15) is 14.3 Å². The van der Waals surface area contributed by atoms with E-state index < -0.39 is 81.6 Å². The van der Waals surface area contributed by atoms with Gasteiger partial charge in [0.25, 0.3) is 0 Å². The Morgan fingerprint density at radius 3 is 1.92 bits per heavy atom.